The summed E-state index contributed by atoms with van der Waals surface area (Å²) in [5, 5.41) is 4.43. The zero-order valence-electron chi connectivity index (χ0n) is 14.1. The molecule has 25 heavy (non-hydrogen) atoms. The SMILES string of the molecule is CC(C)(C)OC(=O)N1CCn2nc(-c3cc(F)cc(F)c3)c(Br)c2C1. The summed E-state index contributed by atoms with van der Waals surface area (Å²) in [6.45, 7) is 6.67. The van der Waals surface area contributed by atoms with Crippen LogP contribution in [0.15, 0.2) is 22.7 Å². The van der Waals surface area contributed by atoms with Crippen LogP contribution < -0.4 is 0 Å². The van der Waals surface area contributed by atoms with Crippen LogP contribution in [0, 0.1) is 11.6 Å². The molecule has 1 amide bonds. The Hall–Kier alpha value is -1.96. The molecular weight excluding hydrogens is 396 g/mol. The Morgan fingerprint density at radius 1 is 1.20 bits per heavy atom. The monoisotopic (exact) mass is 413 g/mol. The summed E-state index contributed by atoms with van der Waals surface area (Å²) in [7, 11) is 0. The lowest BCUT2D eigenvalue weighted by atomic mass is 10.1. The van der Waals surface area contributed by atoms with Crippen molar-refractivity contribution in [3.63, 3.8) is 0 Å². The van der Waals surface area contributed by atoms with Crippen LogP contribution in [0.5, 0.6) is 0 Å². The molecule has 0 saturated heterocycles. The Morgan fingerprint density at radius 2 is 1.84 bits per heavy atom. The van der Waals surface area contributed by atoms with E-state index in [4.69, 9.17) is 4.74 Å². The van der Waals surface area contributed by atoms with E-state index in [0.717, 1.165) is 11.8 Å². The van der Waals surface area contributed by atoms with Gasteiger partial charge in [-0.2, -0.15) is 5.10 Å². The zero-order chi connectivity index (χ0) is 18.4. The first-order valence-corrected chi connectivity index (χ1v) is 8.63. The van der Waals surface area contributed by atoms with Crippen molar-refractivity contribution in [2.75, 3.05) is 6.54 Å². The van der Waals surface area contributed by atoms with Gasteiger partial charge in [0.2, 0.25) is 0 Å². The van der Waals surface area contributed by atoms with Gasteiger partial charge in [-0.05, 0) is 48.8 Å². The number of nitrogens with zero attached hydrogens (tertiary/aromatic N) is 3. The Kier molecular flexibility index (Phi) is 4.57. The molecule has 1 aromatic carbocycles. The molecule has 1 aliphatic heterocycles. The summed E-state index contributed by atoms with van der Waals surface area (Å²) in [6, 6.07) is 3.28. The quantitative estimate of drug-likeness (QED) is 0.698. The van der Waals surface area contributed by atoms with Gasteiger partial charge in [0.15, 0.2) is 0 Å². The average Bonchev–Trinajstić information content (AvgIpc) is 2.81. The van der Waals surface area contributed by atoms with Gasteiger partial charge in [-0.3, -0.25) is 4.68 Å². The third-order valence-electron chi connectivity index (χ3n) is 3.70. The zero-order valence-corrected chi connectivity index (χ0v) is 15.7. The predicted octanol–water partition coefficient (Wildman–Crippen LogP) is 4.34. The Balaban J connectivity index is 1.89. The number of halogens is 3. The van der Waals surface area contributed by atoms with E-state index in [1.165, 1.54) is 12.1 Å². The van der Waals surface area contributed by atoms with E-state index < -0.39 is 23.3 Å². The summed E-state index contributed by atoms with van der Waals surface area (Å²) in [4.78, 5) is 13.8. The van der Waals surface area contributed by atoms with Crippen LogP contribution in [0.4, 0.5) is 13.6 Å². The maximum absolute atomic E-state index is 13.5. The first-order chi connectivity index (χ1) is 11.6. The topological polar surface area (TPSA) is 47.4 Å². The molecule has 3 rings (SSSR count). The Labute approximate surface area is 152 Å². The van der Waals surface area contributed by atoms with Crippen molar-refractivity contribution in [2.45, 2.75) is 39.5 Å². The maximum Gasteiger partial charge on any atom is 0.410 e. The van der Waals surface area contributed by atoms with Gasteiger partial charge in [-0.25, -0.2) is 13.6 Å². The van der Waals surface area contributed by atoms with Gasteiger partial charge >= 0.3 is 6.09 Å². The van der Waals surface area contributed by atoms with Gasteiger partial charge in [-0.15, -0.1) is 0 Å². The van der Waals surface area contributed by atoms with Crippen LogP contribution in [0.2, 0.25) is 0 Å². The first-order valence-electron chi connectivity index (χ1n) is 7.83. The highest BCUT2D eigenvalue weighted by atomic mass is 79.9. The summed E-state index contributed by atoms with van der Waals surface area (Å²) >= 11 is 3.45. The van der Waals surface area contributed by atoms with Gasteiger partial charge in [-0.1, -0.05) is 0 Å². The number of carbonyl (C=O) groups is 1. The summed E-state index contributed by atoms with van der Waals surface area (Å²) in [6.07, 6.45) is -0.398. The largest absolute Gasteiger partial charge is 0.444 e. The van der Waals surface area contributed by atoms with Crippen molar-refractivity contribution in [3.8, 4) is 11.3 Å². The third kappa shape index (κ3) is 3.84. The molecule has 0 fully saturated rings. The fourth-order valence-corrected chi connectivity index (χ4v) is 3.28. The molecule has 0 bridgehead atoms. The Morgan fingerprint density at radius 3 is 2.44 bits per heavy atom. The molecule has 1 aliphatic rings. The highest BCUT2D eigenvalue weighted by Crippen LogP contribution is 2.33. The van der Waals surface area contributed by atoms with Gasteiger partial charge in [0.1, 0.15) is 22.9 Å². The van der Waals surface area contributed by atoms with Crippen LogP contribution in [0.1, 0.15) is 26.5 Å². The minimum absolute atomic E-state index is 0.306. The molecule has 1 aromatic heterocycles. The molecule has 2 aromatic rings. The van der Waals surface area contributed by atoms with Gasteiger partial charge in [0.05, 0.1) is 23.3 Å². The van der Waals surface area contributed by atoms with Gasteiger partial charge < -0.3 is 9.64 Å². The predicted molar refractivity (Wildman–Crippen MR) is 91.9 cm³/mol. The highest BCUT2D eigenvalue weighted by Gasteiger charge is 2.29. The number of carbonyl (C=O) groups excluding carboxylic acids is 1. The number of hydrogen-bond acceptors (Lipinski definition) is 3. The van der Waals surface area contributed by atoms with E-state index >= 15 is 0 Å². The summed E-state index contributed by atoms with van der Waals surface area (Å²) < 4.78 is 34.7. The number of aromatic nitrogens is 2. The van der Waals surface area contributed by atoms with E-state index in [2.05, 4.69) is 21.0 Å². The minimum atomic E-state index is -0.664. The first kappa shape index (κ1) is 17.8. The lowest BCUT2D eigenvalue weighted by Gasteiger charge is -2.30. The molecule has 0 N–H and O–H groups in total. The van der Waals surface area contributed by atoms with Gasteiger partial charge in [0.25, 0.3) is 0 Å². The number of amides is 1. The van der Waals surface area contributed by atoms with Crippen molar-refractivity contribution in [2.24, 2.45) is 0 Å². The van der Waals surface area contributed by atoms with Crippen LogP contribution in [-0.2, 0) is 17.8 Å². The van der Waals surface area contributed by atoms with E-state index in [9.17, 15) is 13.6 Å². The Bertz CT molecular complexity index is 810. The molecule has 0 unspecified atom stereocenters. The fraction of sp³-hybridized carbons (Fsp3) is 0.412. The minimum Gasteiger partial charge on any atom is -0.444 e. The van der Waals surface area contributed by atoms with Crippen LogP contribution in [-0.4, -0.2) is 32.9 Å². The lowest BCUT2D eigenvalue weighted by Crippen LogP contribution is -2.41. The standard InChI is InChI=1S/C17H18BrF2N3O2/c1-17(2,3)25-16(24)22-4-5-23-13(9-22)14(18)15(21-23)10-6-11(19)8-12(20)7-10/h6-8H,4-5,9H2,1-3H3. The molecule has 0 aliphatic carbocycles. The lowest BCUT2D eigenvalue weighted by molar-refractivity contribution is 0.0194. The molecule has 0 saturated carbocycles. The van der Waals surface area contributed by atoms with E-state index in [1.54, 1.807) is 9.58 Å². The number of benzene rings is 1. The smallest absolute Gasteiger partial charge is 0.410 e. The molecule has 0 atom stereocenters. The second kappa shape index (κ2) is 6.40. The second-order valence-electron chi connectivity index (χ2n) is 6.89. The number of ether oxygens (including phenoxy) is 1. The molecule has 134 valence electrons. The van der Waals surface area contributed by atoms with Gasteiger partial charge in [0, 0.05) is 18.2 Å². The number of rotatable bonds is 1. The highest BCUT2D eigenvalue weighted by molar-refractivity contribution is 9.10. The van der Waals surface area contributed by atoms with Crippen molar-refractivity contribution in [1.29, 1.82) is 0 Å². The van der Waals surface area contributed by atoms with Crippen molar-refractivity contribution >= 4 is 22.0 Å². The summed E-state index contributed by atoms with van der Waals surface area (Å²) in [5.41, 5.74) is 0.974. The average molecular weight is 414 g/mol. The fourth-order valence-electron chi connectivity index (χ4n) is 2.64. The molecule has 0 radical (unpaired) electrons. The third-order valence-corrected chi connectivity index (χ3v) is 4.54. The van der Waals surface area contributed by atoms with E-state index in [-0.39, 0.29) is 0 Å². The normalized spacial score (nSPS) is 14.4. The van der Waals surface area contributed by atoms with Crippen LogP contribution >= 0.6 is 15.9 Å². The van der Waals surface area contributed by atoms with Crippen LogP contribution in [0.3, 0.4) is 0 Å². The van der Waals surface area contributed by atoms with E-state index in [0.29, 0.717) is 35.4 Å². The van der Waals surface area contributed by atoms with E-state index in [1.807, 2.05) is 20.8 Å². The van der Waals surface area contributed by atoms with Crippen molar-refractivity contribution < 1.29 is 18.3 Å². The molecular formula is C17H18BrF2N3O2. The number of hydrogen-bond donors (Lipinski definition) is 0. The molecule has 2 heterocycles. The maximum atomic E-state index is 13.5. The molecule has 0 spiro atoms. The second-order valence-corrected chi connectivity index (χ2v) is 7.69. The van der Waals surface area contributed by atoms with Crippen LogP contribution in [0.25, 0.3) is 11.3 Å². The van der Waals surface area contributed by atoms with Crippen molar-refractivity contribution in [3.05, 3.63) is 40.0 Å². The summed E-state index contributed by atoms with van der Waals surface area (Å²) in [5.74, 6) is -1.33. The van der Waals surface area contributed by atoms with Crippen molar-refractivity contribution in [1.82, 2.24) is 14.7 Å². The molecule has 5 nitrogen and oxygen atoms in total. The number of fused-ring (bicyclic) bond motifs is 1. The molecule has 8 heteroatoms.